The third-order valence-electron chi connectivity index (χ3n) is 2.53. The van der Waals surface area contributed by atoms with Crippen LogP contribution in [0.2, 0.25) is 0 Å². The Kier molecular flexibility index (Phi) is 6.46. The van der Waals surface area contributed by atoms with Gasteiger partial charge in [0.15, 0.2) is 0 Å². The third-order valence-corrected chi connectivity index (χ3v) is 3.33. The molecule has 0 aliphatic carbocycles. The second-order valence-electron chi connectivity index (χ2n) is 3.79. The first-order chi connectivity index (χ1) is 9.11. The monoisotopic (exact) mass is 328 g/mol. The van der Waals surface area contributed by atoms with Crippen molar-refractivity contribution in [2.75, 3.05) is 26.8 Å². The largest absolute Gasteiger partial charge is 0.383 e. The predicted molar refractivity (Wildman–Crippen MR) is 72.1 cm³/mol. The number of ether oxygens (including phenoxy) is 1. The highest BCUT2D eigenvalue weighted by molar-refractivity contribution is 9.10. The van der Waals surface area contributed by atoms with Crippen molar-refractivity contribution in [2.45, 2.75) is 6.42 Å². The van der Waals surface area contributed by atoms with E-state index >= 15 is 0 Å². The highest BCUT2D eigenvalue weighted by Crippen LogP contribution is 2.21. The molecule has 102 valence electrons. The Hall–Kier alpha value is -1.45. The smallest absolute Gasteiger partial charge is 0.255 e. The molecule has 0 aromatic heterocycles. The molecule has 0 radical (unpaired) electrons. The molecule has 0 heterocycles. The molecule has 0 saturated carbocycles. The molecule has 0 spiro atoms. The maximum Gasteiger partial charge on any atom is 0.255 e. The summed E-state index contributed by atoms with van der Waals surface area (Å²) in [5, 5.41) is 8.60. The number of methoxy groups -OCH3 is 1. The Morgan fingerprint density at radius 3 is 2.89 bits per heavy atom. The Balaban J connectivity index is 2.91. The van der Waals surface area contributed by atoms with Gasteiger partial charge in [0.1, 0.15) is 5.82 Å². The van der Waals surface area contributed by atoms with Crippen molar-refractivity contribution in [3.8, 4) is 6.07 Å². The van der Waals surface area contributed by atoms with Crippen molar-refractivity contribution in [2.24, 2.45) is 0 Å². The summed E-state index contributed by atoms with van der Waals surface area (Å²) in [7, 11) is 1.53. The summed E-state index contributed by atoms with van der Waals surface area (Å²) < 4.78 is 18.5. The number of nitriles is 1. The lowest BCUT2D eigenvalue weighted by atomic mass is 10.2. The molecule has 0 unspecified atom stereocenters. The minimum atomic E-state index is -0.488. The molecule has 0 aliphatic heterocycles. The summed E-state index contributed by atoms with van der Waals surface area (Å²) in [4.78, 5) is 13.8. The molecule has 1 aromatic rings. The maximum atomic E-state index is 13.4. The zero-order valence-electron chi connectivity index (χ0n) is 10.5. The summed E-state index contributed by atoms with van der Waals surface area (Å²) in [5.74, 6) is -0.809. The molecule has 0 N–H and O–H groups in total. The molecule has 6 heteroatoms. The van der Waals surface area contributed by atoms with Gasteiger partial charge in [-0.2, -0.15) is 5.26 Å². The van der Waals surface area contributed by atoms with Gasteiger partial charge >= 0.3 is 0 Å². The molecule has 0 saturated heterocycles. The van der Waals surface area contributed by atoms with E-state index in [1.54, 1.807) is 6.07 Å². The molecule has 1 aromatic carbocycles. The first-order valence-electron chi connectivity index (χ1n) is 5.71. The minimum absolute atomic E-state index is 0.138. The van der Waals surface area contributed by atoms with Crippen molar-refractivity contribution in [3.63, 3.8) is 0 Å². The number of hydrogen-bond donors (Lipinski definition) is 0. The summed E-state index contributed by atoms with van der Waals surface area (Å²) in [6.45, 7) is 1.02. The number of carbonyl (C=O) groups is 1. The van der Waals surface area contributed by atoms with Crippen molar-refractivity contribution in [1.29, 1.82) is 5.26 Å². The van der Waals surface area contributed by atoms with E-state index in [1.807, 2.05) is 6.07 Å². The lowest BCUT2D eigenvalue weighted by molar-refractivity contribution is 0.0698. The summed E-state index contributed by atoms with van der Waals surface area (Å²) in [6, 6.07) is 6.28. The maximum absolute atomic E-state index is 13.4. The van der Waals surface area contributed by atoms with Gasteiger partial charge in [-0.05, 0) is 28.1 Å². The number of benzene rings is 1. The molecule has 19 heavy (non-hydrogen) atoms. The van der Waals surface area contributed by atoms with Crippen LogP contribution in [-0.2, 0) is 4.74 Å². The second-order valence-corrected chi connectivity index (χ2v) is 4.59. The fourth-order valence-corrected chi connectivity index (χ4v) is 1.97. The van der Waals surface area contributed by atoms with Gasteiger partial charge < -0.3 is 9.64 Å². The van der Waals surface area contributed by atoms with Crippen LogP contribution in [0.15, 0.2) is 22.7 Å². The molecule has 0 bridgehead atoms. The van der Waals surface area contributed by atoms with Crippen LogP contribution in [0, 0.1) is 17.1 Å². The van der Waals surface area contributed by atoms with E-state index in [1.165, 1.54) is 24.1 Å². The van der Waals surface area contributed by atoms with E-state index in [4.69, 9.17) is 10.00 Å². The van der Waals surface area contributed by atoms with Crippen LogP contribution in [0.25, 0.3) is 0 Å². The number of hydrogen-bond acceptors (Lipinski definition) is 3. The second kappa shape index (κ2) is 7.87. The van der Waals surface area contributed by atoms with Crippen molar-refractivity contribution < 1.29 is 13.9 Å². The van der Waals surface area contributed by atoms with Crippen LogP contribution < -0.4 is 0 Å². The lowest BCUT2D eigenvalue weighted by Crippen LogP contribution is -2.35. The fourth-order valence-electron chi connectivity index (χ4n) is 1.54. The van der Waals surface area contributed by atoms with Gasteiger partial charge in [0.25, 0.3) is 5.91 Å². The Morgan fingerprint density at radius 1 is 1.53 bits per heavy atom. The highest BCUT2D eigenvalue weighted by atomic mass is 79.9. The number of rotatable bonds is 6. The van der Waals surface area contributed by atoms with Crippen molar-refractivity contribution in [1.82, 2.24) is 4.90 Å². The van der Waals surface area contributed by atoms with Crippen LogP contribution in [-0.4, -0.2) is 37.6 Å². The van der Waals surface area contributed by atoms with E-state index in [0.717, 1.165) is 0 Å². The van der Waals surface area contributed by atoms with Crippen LogP contribution in [0.4, 0.5) is 4.39 Å². The quantitative estimate of drug-likeness (QED) is 0.806. The first kappa shape index (κ1) is 15.6. The molecular weight excluding hydrogens is 315 g/mol. The van der Waals surface area contributed by atoms with Gasteiger partial charge in [0.05, 0.1) is 29.1 Å². The molecule has 0 atom stereocenters. The van der Waals surface area contributed by atoms with Gasteiger partial charge in [-0.15, -0.1) is 0 Å². The SMILES string of the molecule is COCCN(CCC#N)C(=O)c1cccc(F)c1Br. The third kappa shape index (κ3) is 4.30. The van der Waals surface area contributed by atoms with E-state index in [9.17, 15) is 9.18 Å². The number of carbonyl (C=O) groups excluding carboxylic acids is 1. The Labute approximate surface area is 119 Å². The fraction of sp³-hybridized carbons (Fsp3) is 0.385. The van der Waals surface area contributed by atoms with Gasteiger partial charge in [-0.3, -0.25) is 4.79 Å². The van der Waals surface area contributed by atoms with Crippen LogP contribution >= 0.6 is 15.9 Å². The van der Waals surface area contributed by atoms with Crippen LogP contribution in [0.3, 0.4) is 0 Å². The van der Waals surface area contributed by atoms with Crippen LogP contribution in [0.1, 0.15) is 16.8 Å². The van der Waals surface area contributed by atoms with E-state index in [0.29, 0.717) is 19.7 Å². The molecule has 0 fully saturated rings. The molecular formula is C13H14BrFN2O2. The molecule has 0 aliphatic rings. The van der Waals surface area contributed by atoms with Gasteiger partial charge in [0, 0.05) is 20.2 Å². The van der Waals surface area contributed by atoms with E-state index in [-0.39, 0.29) is 22.4 Å². The van der Waals surface area contributed by atoms with Gasteiger partial charge in [0.2, 0.25) is 0 Å². The number of nitrogens with zero attached hydrogens (tertiary/aromatic N) is 2. The van der Waals surface area contributed by atoms with Crippen LogP contribution in [0.5, 0.6) is 0 Å². The summed E-state index contributed by atoms with van der Waals surface area (Å²) in [6.07, 6.45) is 0.225. The molecule has 4 nitrogen and oxygen atoms in total. The summed E-state index contributed by atoms with van der Waals surface area (Å²) >= 11 is 3.07. The van der Waals surface area contributed by atoms with Crippen molar-refractivity contribution in [3.05, 3.63) is 34.1 Å². The average Bonchev–Trinajstić information content (AvgIpc) is 2.41. The molecule has 1 rings (SSSR count). The topological polar surface area (TPSA) is 53.3 Å². The van der Waals surface area contributed by atoms with E-state index in [2.05, 4.69) is 15.9 Å². The minimum Gasteiger partial charge on any atom is -0.383 e. The van der Waals surface area contributed by atoms with E-state index < -0.39 is 5.82 Å². The first-order valence-corrected chi connectivity index (χ1v) is 6.50. The lowest BCUT2D eigenvalue weighted by Gasteiger charge is -2.21. The number of halogens is 2. The predicted octanol–water partition coefficient (Wildman–Crippen LogP) is 2.59. The average molecular weight is 329 g/mol. The summed E-state index contributed by atoms with van der Waals surface area (Å²) in [5.41, 5.74) is 0.244. The van der Waals surface area contributed by atoms with Gasteiger partial charge in [-0.25, -0.2) is 4.39 Å². The molecule has 1 amide bonds. The number of amides is 1. The van der Waals surface area contributed by atoms with Gasteiger partial charge in [-0.1, -0.05) is 6.07 Å². The Morgan fingerprint density at radius 2 is 2.26 bits per heavy atom. The normalized spacial score (nSPS) is 10.0. The Bertz CT molecular complexity index is 488. The zero-order chi connectivity index (χ0) is 14.3. The zero-order valence-corrected chi connectivity index (χ0v) is 12.1. The van der Waals surface area contributed by atoms with Crippen molar-refractivity contribution >= 4 is 21.8 Å². The highest BCUT2D eigenvalue weighted by Gasteiger charge is 2.19. The standard InChI is InChI=1S/C13H14BrFN2O2/c1-19-9-8-17(7-3-6-16)13(18)10-4-2-5-11(15)12(10)14/h2,4-5H,3,7-9H2,1H3.